The van der Waals surface area contributed by atoms with Crippen LogP contribution in [0.3, 0.4) is 0 Å². The first-order valence-electron chi connectivity index (χ1n) is 6.77. The first-order valence-corrected chi connectivity index (χ1v) is 6.77. The van der Waals surface area contributed by atoms with E-state index in [2.05, 4.69) is 11.8 Å². The summed E-state index contributed by atoms with van der Waals surface area (Å²) in [6.07, 6.45) is 8.48. The third kappa shape index (κ3) is 3.18. The molecule has 2 fully saturated rings. The van der Waals surface area contributed by atoms with Gasteiger partial charge in [-0.25, -0.2) is 0 Å². The van der Waals surface area contributed by atoms with Gasteiger partial charge in [0.25, 0.3) is 0 Å². The molecule has 1 aliphatic heterocycles. The Bertz CT molecular complexity index is 189. The van der Waals surface area contributed by atoms with Gasteiger partial charge < -0.3 is 5.73 Å². The molecule has 88 valence electrons. The van der Waals surface area contributed by atoms with Crippen molar-refractivity contribution in [2.45, 2.75) is 51.5 Å². The lowest BCUT2D eigenvalue weighted by Crippen LogP contribution is -2.46. The van der Waals surface area contributed by atoms with Crippen molar-refractivity contribution in [3.8, 4) is 0 Å². The molecule has 15 heavy (non-hydrogen) atoms. The van der Waals surface area contributed by atoms with Crippen LogP contribution in [0.1, 0.15) is 45.4 Å². The highest BCUT2D eigenvalue weighted by Crippen LogP contribution is 2.33. The van der Waals surface area contributed by atoms with Crippen LogP contribution >= 0.6 is 0 Å². The van der Waals surface area contributed by atoms with Crippen molar-refractivity contribution >= 4 is 0 Å². The van der Waals surface area contributed by atoms with Gasteiger partial charge in [0.05, 0.1) is 0 Å². The van der Waals surface area contributed by atoms with Gasteiger partial charge in [0, 0.05) is 12.6 Å². The van der Waals surface area contributed by atoms with Gasteiger partial charge in [-0.15, -0.1) is 0 Å². The molecule has 1 saturated carbocycles. The molecule has 0 aromatic rings. The van der Waals surface area contributed by atoms with E-state index in [1.54, 1.807) is 0 Å². The number of nitrogens with zero attached hydrogens (tertiary/aromatic N) is 1. The molecule has 2 unspecified atom stereocenters. The number of hydrogen-bond acceptors (Lipinski definition) is 2. The lowest BCUT2D eigenvalue weighted by Gasteiger charge is -2.38. The highest BCUT2D eigenvalue weighted by Gasteiger charge is 2.28. The first-order chi connectivity index (χ1) is 7.33. The maximum absolute atomic E-state index is 5.89. The molecule has 2 atom stereocenters. The second kappa shape index (κ2) is 5.31. The molecular formula is C13H26N2. The topological polar surface area (TPSA) is 29.3 Å². The second-order valence-electron chi connectivity index (χ2n) is 5.46. The minimum atomic E-state index is 0.683. The van der Waals surface area contributed by atoms with Gasteiger partial charge in [-0.1, -0.05) is 26.2 Å². The SMILES string of the molecule is CCC1CCN(CCC2CC2)C(CN)C1. The Morgan fingerprint density at radius 2 is 2.00 bits per heavy atom. The van der Waals surface area contributed by atoms with E-state index in [1.165, 1.54) is 51.6 Å². The number of likely N-dealkylation sites (tertiary alicyclic amines) is 1. The number of piperidine rings is 1. The van der Waals surface area contributed by atoms with Gasteiger partial charge in [-0.05, 0) is 44.2 Å². The molecule has 0 radical (unpaired) electrons. The first kappa shape index (κ1) is 11.4. The van der Waals surface area contributed by atoms with E-state index >= 15 is 0 Å². The maximum Gasteiger partial charge on any atom is 0.0221 e. The summed E-state index contributed by atoms with van der Waals surface area (Å²) in [5, 5.41) is 0. The predicted octanol–water partition coefficient (Wildman–Crippen LogP) is 2.24. The van der Waals surface area contributed by atoms with Crippen LogP contribution in [0.25, 0.3) is 0 Å². The molecule has 1 heterocycles. The van der Waals surface area contributed by atoms with E-state index in [1.807, 2.05) is 0 Å². The highest BCUT2D eigenvalue weighted by molar-refractivity contribution is 4.83. The van der Waals surface area contributed by atoms with Crippen LogP contribution in [0.5, 0.6) is 0 Å². The average Bonchev–Trinajstić information content (AvgIpc) is 3.10. The molecule has 0 bridgehead atoms. The molecule has 2 heteroatoms. The molecule has 2 nitrogen and oxygen atoms in total. The van der Waals surface area contributed by atoms with Crippen molar-refractivity contribution in [1.29, 1.82) is 0 Å². The lowest BCUT2D eigenvalue weighted by molar-refractivity contribution is 0.111. The largest absolute Gasteiger partial charge is 0.329 e. The molecule has 0 amide bonds. The van der Waals surface area contributed by atoms with Crippen molar-refractivity contribution in [1.82, 2.24) is 4.90 Å². The summed E-state index contributed by atoms with van der Waals surface area (Å²) in [7, 11) is 0. The molecule has 0 spiro atoms. The van der Waals surface area contributed by atoms with Gasteiger partial charge in [-0.2, -0.15) is 0 Å². The quantitative estimate of drug-likeness (QED) is 0.754. The molecule has 1 aliphatic carbocycles. The normalized spacial score (nSPS) is 33.2. The zero-order chi connectivity index (χ0) is 10.7. The van der Waals surface area contributed by atoms with Crippen molar-refractivity contribution in [3.63, 3.8) is 0 Å². The maximum atomic E-state index is 5.89. The Hall–Kier alpha value is -0.0800. The summed E-state index contributed by atoms with van der Waals surface area (Å²) >= 11 is 0. The second-order valence-corrected chi connectivity index (χ2v) is 5.46. The molecule has 0 aromatic heterocycles. The van der Waals surface area contributed by atoms with Crippen molar-refractivity contribution in [2.75, 3.05) is 19.6 Å². The summed E-state index contributed by atoms with van der Waals surface area (Å²) in [5.41, 5.74) is 5.89. The minimum Gasteiger partial charge on any atom is -0.329 e. The minimum absolute atomic E-state index is 0.683. The van der Waals surface area contributed by atoms with E-state index in [4.69, 9.17) is 5.73 Å². The molecule has 1 saturated heterocycles. The van der Waals surface area contributed by atoms with Crippen LogP contribution in [-0.4, -0.2) is 30.6 Å². The van der Waals surface area contributed by atoms with E-state index in [0.717, 1.165) is 18.4 Å². The van der Waals surface area contributed by atoms with Crippen molar-refractivity contribution < 1.29 is 0 Å². The summed E-state index contributed by atoms with van der Waals surface area (Å²) in [6.45, 7) is 5.79. The fourth-order valence-electron chi connectivity index (χ4n) is 2.85. The fourth-order valence-corrected chi connectivity index (χ4v) is 2.85. The molecule has 0 aromatic carbocycles. The molecular weight excluding hydrogens is 184 g/mol. The van der Waals surface area contributed by atoms with Gasteiger partial charge in [0.15, 0.2) is 0 Å². The van der Waals surface area contributed by atoms with Crippen molar-refractivity contribution in [2.24, 2.45) is 17.6 Å². The lowest BCUT2D eigenvalue weighted by atomic mass is 9.89. The molecule has 2 aliphatic rings. The fraction of sp³-hybridized carbons (Fsp3) is 1.00. The summed E-state index contributed by atoms with van der Waals surface area (Å²) < 4.78 is 0. The zero-order valence-electron chi connectivity index (χ0n) is 10.1. The molecule has 2 rings (SSSR count). The van der Waals surface area contributed by atoms with Crippen LogP contribution in [0.2, 0.25) is 0 Å². The Balaban J connectivity index is 1.76. The summed E-state index contributed by atoms with van der Waals surface area (Å²) in [6, 6.07) is 0.683. The Morgan fingerprint density at radius 1 is 1.20 bits per heavy atom. The third-order valence-corrected chi connectivity index (χ3v) is 4.32. The summed E-state index contributed by atoms with van der Waals surface area (Å²) in [5.74, 6) is 2.00. The molecule has 2 N–H and O–H groups in total. The standard InChI is InChI=1S/C13H26N2/c1-2-11-5-7-15(13(9-11)10-14)8-6-12-3-4-12/h11-13H,2-10,14H2,1H3. The van der Waals surface area contributed by atoms with Crippen LogP contribution < -0.4 is 5.73 Å². The average molecular weight is 210 g/mol. The Morgan fingerprint density at radius 3 is 2.60 bits per heavy atom. The van der Waals surface area contributed by atoms with Gasteiger partial charge in [-0.3, -0.25) is 4.90 Å². The van der Waals surface area contributed by atoms with E-state index < -0.39 is 0 Å². The Kier molecular flexibility index (Phi) is 4.04. The predicted molar refractivity (Wildman–Crippen MR) is 64.8 cm³/mol. The monoisotopic (exact) mass is 210 g/mol. The smallest absolute Gasteiger partial charge is 0.0221 e. The van der Waals surface area contributed by atoms with E-state index in [9.17, 15) is 0 Å². The number of hydrogen-bond donors (Lipinski definition) is 1. The third-order valence-electron chi connectivity index (χ3n) is 4.32. The van der Waals surface area contributed by atoms with Crippen LogP contribution in [0.4, 0.5) is 0 Å². The summed E-state index contributed by atoms with van der Waals surface area (Å²) in [4.78, 5) is 2.66. The van der Waals surface area contributed by atoms with Gasteiger partial charge in [0.1, 0.15) is 0 Å². The zero-order valence-corrected chi connectivity index (χ0v) is 10.1. The Labute approximate surface area is 94.2 Å². The van der Waals surface area contributed by atoms with Crippen molar-refractivity contribution in [3.05, 3.63) is 0 Å². The van der Waals surface area contributed by atoms with Crippen LogP contribution in [0, 0.1) is 11.8 Å². The number of rotatable bonds is 5. The van der Waals surface area contributed by atoms with Gasteiger partial charge in [0.2, 0.25) is 0 Å². The van der Waals surface area contributed by atoms with E-state index in [0.29, 0.717) is 6.04 Å². The highest BCUT2D eigenvalue weighted by atomic mass is 15.2. The van der Waals surface area contributed by atoms with Crippen LogP contribution in [-0.2, 0) is 0 Å². The van der Waals surface area contributed by atoms with Crippen LogP contribution in [0.15, 0.2) is 0 Å². The van der Waals surface area contributed by atoms with E-state index in [-0.39, 0.29) is 0 Å². The van der Waals surface area contributed by atoms with Gasteiger partial charge >= 0.3 is 0 Å². The number of nitrogens with two attached hydrogens (primary N) is 1.